The van der Waals surface area contributed by atoms with Gasteiger partial charge in [-0.1, -0.05) is 53.6 Å². The van der Waals surface area contributed by atoms with E-state index in [2.05, 4.69) is 4.99 Å². The van der Waals surface area contributed by atoms with Crippen molar-refractivity contribution in [2.45, 2.75) is 19.8 Å². The molecule has 0 radical (unpaired) electrons. The molecular weight excluding hydrogens is 310 g/mol. The monoisotopic (exact) mass is 325 g/mol. The number of nitrogens with zero attached hydrogens (tertiary/aromatic N) is 1. The van der Waals surface area contributed by atoms with Crippen LogP contribution >= 0.6 is 11.6 Å². The van der Waals surface area contributed by atoms with E-state index in [1.54, 1.807) is 6.08 Å². The van der Waals surface area contributed by atoms with Crippen LogP contribution in [0.25, 0.3) is 6.08 Å². The van der Waals surface area contributed by atoms with Gasteiger partial charge < -0.3 is 4.74 Å². The Morgan fingerprint density at radius 2 is 1.74 bits per heavy atom. The number of cyclic esters (lactones) is 1. The smallest absolute Gasteiger partial charge is 0.363 e. The third-order valence-corrected chi connectivity index (χ3v) is 3.84. The Balaban J connectivity index is 1.68. The Hall–Kier alpha value is -2.39. The number of carbonyl (C=O) groups is 1. The average Bonchev–Trinajstić information content (AvgIpc) is 2.89. The van der Waals surface area contributed by atoms with Crippen molar-refractivity contribution in [1.82, 2.24) is 0 Å². The molecule has 0 saturated carbocycles. The van der Waals surface area contributed by atoms with Crippen LogP contribution in [0.4, 0.5) is 0 Å². The number of halogens is 1. The second-order valence-electron chi connectivity index (χ2n) is 5.46. The first-order valence-electron chi connectivity index (χ1n) is 7.43. The highest BCUT2D eigenvalue weighted by Gasteiger charge is 2.22. The molecule has 2 aromatic rings. The highest BCUT2D eigenvalue weighted by atomic mass is 35.5. The molecule has 0 atom stereocenters. The van der Waals surface area contributed by atoms with Gasteiger partial charge in [-0.15, -0.1) is 0 Å². The summed E-state index contributed by atoms with van der Waals surface area (Å²) >= 11 is 5.86. The highest BCUT2D eigenvalue weighted by molar-refractivity contribution is 6.30. The zero-order valence-electron chi connectivity index (χ0n) is 12.8. The van der Waals surface area contributed by atoms with E-state index in [0.29, 0.717) is 23.0 Å². The topological polar surface area (TPSA) is 38.7 Å². The second kappa shape index (κ2) is 6.80. The molecule has 0 spiro atoms. The lowest BCUT2D eigenvalue weighted by Crippen LogP contribution is -2.05. The lowest BCUT2D eigenvalue weighted by Gasteiger charge is -2.00. The average molecular weight is 326 g/mol. The van der Waals surface area contributed by atoms with Crippen molar-refractivity contribution < 1.29 is 9.53 Å². The van der Waals surface area contributed by atoms with Gasteiger partial charge in [-0.2, -0.15) is 0 Å². The van der Waals surface area contributed by atoms with E-state index in [1.165, 1.54) is 5.56 Å². The quantitative estimate of drug-likeness (QED) is 0.609. The van der Waals surface area contributed by atoms with Crippen molar-refractivity contribution in [3.63, 3.8) is 0 Å². The van der Waals surface area contributed by atoms with Crippen LogP contribution in [-0.4, -0.2) is 11.9 Å². The van der Waals surface area contributed by atoms with E-state index in [9.17, 15) is 4.79 Å². The third kappa shape index (κ3) is 4.08. The number of hydrogen-bond acceptors (Lipinski definition) is 3. The largest absolute Gasteiger partial charge is 0.407 e. The number of aryl methyl sites for hydroxylation is 2. The fourth-order valence-corrected chi connectivity index (χ4v) is 2.41. The Kier molecular flexibility index (Phi) is 4.58. The summed E-state index contributed by atoms with van der Waals surface area (Å²) in [5, 5.41) is 0.710. The predicted octanol–water partition coefficient (Wildman–Crippen LogP) is 4.58. The summed E-state index contributed by atoms with van der Waals surface area (Å²) in [6, 6.07) is 15.5. The van der Waals surface area contributed by atoms with Gasteiger partial charge in [-0.3, -0.25) is 0 Å². The molecule has 116 valence electrons. The molecule has 23 heavy (non-hydrogen) atoms. The van der Waals surface area contributed by atoms with Crippen molar-refractivity contribution in [2.24, 2.45) is 4.99 Å². The summed E-state index contributed by atoms with van der Waals surface area (Å²) in [7, 11) is 0. The van der Waals surface area contributed by atoms with Crippen LogP contribution in [0.1, 0.15) is 23.1 Å². The maximum Gasteiger partial charge on any atom is 0.363 e. The molecule has 3 rings (SSSR count). The second-order valence-corrected chi connectivity index (χ2v) is 5.90. The predicted molar refractivity (Wildman–Crippen MR) is 92.5 cm³/mol. The van der Waals surface area contributed by atoms with Gasteiger partial charge in [0.1, 0.15) is 0 Å². The maximum atomic E-state index is 11.9. The fourth-order valence-electron chi connectivity index (χ4n) is 2.28. The molecule has 1 aliphatic heterocycles. The summed E-state index contributed by atoms with van der Waals surface area (Å²) in [5.74, 6) is 0.0694. The van der Waals surface area contributed by atoms with Crippen LogP contribution in [0.5, 0.6) is 0 Å². The lowest BCUT2D eigenvalue weighted by molar-refractivity contribution is -0.130. The van der Waals surface area contributed by atoms with Gasteiger partial charge >= 0.3 is 5.97 Å². The van der Waals surface area contributed by atoms with Crippen molar-refractivity contribution in [3.05, 3.63) is 75.9 Å². The summed E-state index contributed by atoms with van der Waals surface area (Å²) < 4.78 is 5.23. The van der Waals surface area contributed by atoms with Crippen LogP contribution in [0, 0.1) is 6.92 Å². The molecule has 0 saturated heterocycles. The van der Waals surface area contributed by atoms with Crippen LogP contribution < -0.4 is 0 Å². The first kappa shape index (κ1) is 15.5. The Morgan fingerprint density at radius 1 is 1.04 bits per heavy atom. The van der Waals surface area contributed by atoms with Crippen LogP contribution in [-0.2, 0) is 16.0 Å². The van der Waals surface area contributed by atoms with E-state index in [1.807, 2.05) is 55.5 Å². The van der Waals surface area contributed by atoms with E-state index < -0.39 is 5.97 Å². The first-order valence-corrected chi connectivity index (χ1v) is 7.80. The molecule has 0 bridgehead atoms. The van der Waals surface area contributed by atoms with Gasteiger partial charge in [-0.05, 0) is 42.7 Å². The Labute approximate surface area is 140 Å². The molecule has 1 aliphatic rings. The number of aliphatic imine (C=N–C) groups is 1. The maximum absolute atomic E-state index is 11.9. The lowest BCUT2D eigenvalue weighted by atomic mass is 10.1. The van der Waals surface area contributed by atoms with E-state index >= 15 is 0 Å². The van der Waals surface area contributed by atoms with Gasteiger partial charge in [0, 0.05) is 11.4 Å². The zero-order chi connectivity index (χ0) is 16.2. The number of benzene rings is 2. The summed E-state index contributed by atoms with van der Waals surface area (Å²) in [5.41, 5.74) is 3.59. The Morgan fingerprint density at radius 3 is 2.43 bits per heavy atom. The molecule has 0 unspecified atom stereocenters. The molecule has 4 heteroatoms. The molecular formula is C19H16ClNO2. The van der Waals surface area contributed by atoms with Crippen LogP contribution in [0.2, 0.25) is 5.02 Å². The minimum absolute atomic E-state index is 0.347. The van der Waals surface area contributed by atoms with Crippen LogP contribution in [0.3, 0.4) is 0 Å². The first-order chi connectivity index (χ1) is 11.1. The van der Waals surface area contributed by atoms with Crippen LogP contribution in [0.15, 0.2) is 59.2 Å². The third-order valence-electron chi connectivity index (χ3n) is 3.59. The molecule has 0 N–H and O–H groups in total. The summed E-state index contributed by atoms with van der Waals surface area (Å²) in [6.45, 7) is 2.02. The van der Waals surface area contributed by atoms with E-state index in [4.69, 9.17) is 16.3 Å². The number of rotatable bonds is 4. The van der Waals surface area contributed by atoms with E-state index in [0.717, 1.165) is 17.5 Å². The minimum atomic E-state index is -0.392. The molecule has 0 fully saturated rings. The van der Waals surface area contributed by atoms with Gasteiger partial charge in [0.25, 0.3) is 0 Å². The normalized spacial score (nSPS) is 15.7. The summed E-state index contributed by atoms with van der Waals surface area (Å²) in [4.78, 5) is 16.2. The molecule has 3 nitrogen and oxygen atoms in total. The van der Waals surface area contributed by atoms with Gasteiger partial charge in [0.05, 0.1) is 0 Å². The highest BCUT2D eigenvalue weighted by Crippen LogP contribution is 2.19. The molecule has 0 aromatic heterocycles. The zero-order valence-corrected chi connectivity index (χ0v) is 13.5. The minimum Gasteiger partial charge on any atom is -0.407 e. The van der Waals surface area contributed by atoms with E-state index in [-0.39, 0.29) is 0 Å². The molecule has 0 aliphatic carbocycles. The number of ether oxygens (including phenoxy) is 1. The molecule has 1 heterocycles. The fraction of sp³-hybridized carbons (Fsp3) is 0.158. The number of carbonyl (C=O) groups excluding carboxylic acids is 1. The van der Waals surface area contributed by atoms with Gasteiger partial charge in [0.2, 0.25) is 0 Å². The molecule has 0 amide bonds. The van der Waals surface area contributed by atoms with Crippen molar-refractivity contribution >= 4 is 29.5 Å². The van der Waals surface area contributed by atoms with Gasteiger partial charge in [-0.25, -0.2) is 9.79 Å². The molecule has 2 aromatic carbocycles. The number of hydrogen-bond donors (Lipinski definition) is 0. The van der Waals surface area contributed by atoms with Gasteiger partial charge in [0.15, 0.2) is 11.6 Å². The SMILES string of the molecule is Cc1ccc(/C=C2/N=C(CCc3ccc(Cl)cc3)OC2=O)cc1. The number of esters is 1. The standard InChI is InChI=1S/C19H16ClNO2/c1-13-2-4-15(5-3-13)12-17-19(22)23-18(21-17)11-8-14-6-9-16(20)10-7-14/h2-7,9-10,12H,8,11H2,1H3/b17-12+. The van der Waals surface area contributed by atoms with Crippen molar-refractivity contribution in [2.75, 3.05) is 0 Å². The summed E-state index contributed by atoms with van der Waals surface area (Å²) in [6.07, 6.45) is 3.08. The van der Waals surface area contributed by atoms with Crippen molar-refractivity contribution in [3.8, 4) is 0 Å². The Bertz CT molecular complexity index is 774. The van der Waals surface area contributed by atoms with Crippen molar-refractivity contribution in [1.29, 1.82) is 0 Å².